The molecule has 7 heteroatoms. The zero-order chi connectivity index (χ0) is 14.7. The van der Waals surface area contributed by atoms with Crippen LogP contribution in [0.2, 0.25) is 15.1 Å². The van der Waals surface area contributed by atoms with E-state index >= 15 is 0 Å². The van der Waals surface area contributed by atoms with Crippen molar-refractivity contribution >= 4 is 63.4 Å². The lowest BCUT2D eigenvalue weighted by Gasteiger charge is -2.11. The van der Waals surface area contributed by atoms with Crippen LogP contribution in [0.3, 0.4) is 0 Å². The SMILES string of the molecule is CC(=O)Nc1ccsc1CNc1c(Cl)cc(Cl)cc1Cl. The van der Waals surface area contributed by atoms with Crippen molar-refractivity contribution in [3.8, 4) is 0 Å². The lowest BCUT2D eigenvalue weighted by Crippen LogP contribution is -2.08. The molecule has 0 aliphatic carbocycles. The first-order chi connectivity index (χ1) is 9.47. The summed E-state index contributed by atoms with van der Waals surface area (Å²) in [6, 6.07) is 5.11. The first kappa shape index (κ1) is 15.4. The average Bonchev–Trinajstić information content (AvgIpc) is 2.74. The van der Waals surface area contributed by atoms with Gasteiger partial charge in [-0.25, -0.2) is 0 Å². The summed E-state index contributed by atoms with van der Waals surface area (Å²) in [6.45, 7) is 1.98. The third-order valence-corrected chi connectivity index (χ3v) is 4.22. The Bertz CT molecular complexity index is 619. The van der Waals surface area contributed by atoms with Crippen LogP contribution in [0.4, 0.5) is 11.4 Å². The van der Waals surface area contributed by atoms with Crippen LogP contribution >= 0.6 is 46.1 Å². The van der Waals surface area contributed by atoms with E-state index in [0.717, 1.165) is 10.6 Å². The van der Waals surface area contributed by atoms with E-state index in [1.54, 1.807) is 12.1 Å². The lowest BCUT2D eigenvalue weighted by molar-refractivity contribution is -0.114. The second-order valence-corrected chi connectivity index (χ2v) is 6.29. The molecule has 0 bridgehead atoms. The largest absolute Gasteiger partial charge is 0.378 e. The number of halogens is 3. The Kier molecular flexibility index (Phi) is 5.16. The molecule has 0 aliphatic rings. The fourth-order valence-corrected chi connectivity index (χ4v) is 3.38. The highest BCUT2D eigenvalue weighted by Gasteiger charge is 2.10. The maximum atomic E-state index is 11.1. The fourth-order valence-electron chi connectivity index (χ4n) is 1.66. The van der Waals surface area contributed by atoms with Crippen molar-refractivity contribution in [1.29, 1.82) is 0 Å². The summed E-state index contributed by atoms with van der Waals surface area (Å²) in [7, 11) is 0. The van der Waals surface area contributed by atoms with Crippen molar-refractivity contribution < 1.29 is 4.79 Å². The van der Waals surface area contributed by atoms with E-state index in [9.17, 15) is 4.79 Å². The van der Waals surface area contributed by atoms with E-state index in [-0.39, 0.29) is 5.91 Å². The first-order valence-electron chi connectivity index (χ1n) is 5.69. The molecule has 1 amide bonds. The van der Waals surface area contributed by atoms with E-state index in [2.05, 4.69) is 10.6 Å². The molecular weight excluding hydrogens is 339 g/mol. The lowest BCUT2D eigenvalue weighted by atomic mass is 10.3. The summed E-state index contributed by atoms with van der Waals surface area (Å²) in [6.07, 6.45) is 0. The molecule has 3 nitrogen and oxygen atoms in total. The van der Waals surface area contributed by atoms with Gasteiger partial charge in [0.25, 0.3) is 0 Å². The molecule has 2 aromatic rings. The van der Waals surface area contributed by atoms with Crippen LogP contribution in [0.1, 0.15) is 11.8 Å². The minimum Gasteiger partial charge on any atom is -0.378 e. The molecule has 0 radical (unpaired) electrons. The first-order valence-corrected chi connectivity index (χ1v) is 7.71. The second kappa shape index (κ2) is 6.68. The number of carbonyl (C=O) groups excluding carboxylic acids is 1. The Hall–Kier alpha value is -0.940. The highest BCUT2D eigenvalue weighted by Crippen LogP contribution is 2.34. The molecule has 0 saturated carbocycles. The molecular formula is C13H11Cl3N2OS. The molecule has 1 aromatic carbocycles. The van der Waals surface area contributed by atoms with Gasteiger partial charge in [0, 0.05) is 16.8 Å². The maximum Gasteiger partial charge on any atom is 0.221 e. The van der Waals surface area contributed by atoms with Crippen molar-refractivity contribution in [2.75, 3.05) is 10.6 Å². The Morgan fingerprint density at radius 2 is 1.90 bits per heavy atom. The Balaban J connectivity index is 2.13. The summed E-state index contributed by atoms with van der Waals surface area (Å²) in [4.78, 5) is 12.1. The second-order valence-electron chi connectivity index (χ2n) is 4.04. The number of anilines is 2. The molecule has 0 unspecified atom stereocenters. The zero-order valence-corrected chi connectivity index (χ0v) is 13.6. The topological polar surface area (TPSA) is 41.1 Å². The highest BCUT2D eigenvalue weighted by molar-refractivity contribution is 7.10. The molecule has 2 N–H and O–H groups in total. The number of nitrogens with one attached hydrogen (secondary N) is 2. The molecule has 0 atom stereocenters. The van der Waals surface area contributed by atoms with E-state index in [0.29, 0.717) is 27.3 Å². The number of amides is 1. The molecule has 0 aliphatic heterocycles. The van der Waals surface area contributed by atoms with Crippen molar-refractivity contribution in [2.24, 2.45) is 0 Å². The van der Waals surface area contributed by atoms with Crippen LogP contribution in [-0.4, -0.2) is 5.91 Å². The minimum absolute atomic E-state index is 0.104. The van der Waals surface area contributed by atoms with E-state index in [1.807, 2.05) is 11.4 Å². The van der Waals surface area contributed by atoms with Gasteiger partial charge in [-0.15, -0.1) is 11.3 Å². The van der Waals surface area contributed by atoms with Gasteiger partial charge < -0.3 is 10.6 Å². The van der Waals surface area contributed by atoms with Crippen LogP contribution in [0.25, 0.3) is 0 Å². The standard InChI is InChI=1S/C13H11Cl3N2OS/c1-7(19)18-11-2-3-20-12(11)6-17-13-9(15)4-8(14)5-10(13)16/h2-5,17H,6H2,1H3,(H,18,19). The molecule has 0 spiro atoms. The van der Waals surface area contributed by atoms with Crippen molar-refractivity contribution in [1.82, 2.24) is 0 Å². The number of rotatable bonds is 4. The summed E-state index contributed by atoms with van der Waals surface area (Å²) < 4.78 is 0. The van der Waals surface area contributed by atoms with Crippen LogP contribution < -0.4 is 10.6 Å². The van der Waals surface area contributed by atoms with E-state index < -0.39 is 0 Å². The van der Waals surface area contributed by atoms with Gasteiger partial charge in [0.2, 0.25) is 5.91 Å². The molecule has 1 aromatic heterocycles. The van der Waals surface area contributed by atoms with Gasteiger partial charge in [-0.1, -0.05) is 34.8 Å². The monoisotopic (exact) mass is 348 g/mol. The van der Waals surface area contributed by atoms with E-state index in [4.69, 9.17) is 34.8 Å². The summed E-state index contributed by atoms with van der Waals surface area (Å²) in [5, 5.41) is 9.25. The molecule has 2 rings (SSSR count). The van der Waals surface area contributed by atoms with Gasteiger partial charge in [-0.3, -0.25) is 4.79 Å². The number of hydrogen-bond donors (Lipinski definition) is 2. The zero-order valence-electron chi connectivity index (χ0n) is 10.5. The fraction of sp³-hybridized carbons (Fsp3) is 0.154. The Labute approximate surface area is 135 Å². The van der Waals surface area contributed by atoms with Crippen molar-refractivity contribution in [3.63, 3.8) is 0 Å². The smallest absolute Gasteiger partial charge is 0.221 e. The molecule has 1 heterocycles. The van der Waals surface area contributed by atoms with Gasteiger partial charge in [0.05, 0.1) is 28.0 Å². The molecule has 0 saturated heterocycles. The highest BCUT2D eigenvalue weighted by atomic mass is 35.5. The van der Waals surface area contributed by atoms with Crippen LogP contribution in [-0.2, 0) is 11.3 Å². The van der Waals surface area contributed by atoms with Crippen molar-refractivity contribution in [3.05, 3.63) is 43.5 Å². The van der Waals surface area contributed by atoms with Gasteiger partial charge in [0.15, 0.2) is 0 Å². The van der Waals surface area contributed by atoms with Gasteiger partial charge in [-0.05, 0) is 23.6 Å². The van der Waals surface area contributed by atoms with Gasteiger partial charge in [0.1, 0.15) is 0 Å². The summed E-state index contributed by atoms with van der Waals surface area (Å²) in [5.74, 6) is -0.104. The Morgan fingerprint density at radius 1 is 1.25 bits per heavy atom. The van der Waals surface area contributed by atoms with Crippen LogP contribution in [0.15, 0.2) is 23.6 Å². The normalized spacial score (nSPS) is 10.4. The molecule has 0 fully saturated rings. The van der Waals surface area contributed by atoms with Crippen LogP contribution in [0.5, 0.6) is 0 Å². The minimum atomic E-state index is -0.104. The predicted octanol–water partition coefficient (Wildman–Crippen LogP) is 5.28. The maximum absolute atomic E-state index is 11.1. The number of thiophene rings is 1. The van der Waals surface area contributed by atoms with Gasteiger partial charge >= 0.3 is 0 Å². The number of hydrogen-bond acceptors (Lipinski definition) is 3. The van der Waals surface area contributed by atoms with Crippen LogP contribution in [0, 0.1) is 0 Å². The quantitative estimate of drug-likeness (QED) is 0.788. The summed E-state index contributed by atoms with van der Waals surface area (Å²) in [5.41, 5.74) is 1.41. The Morgan fingerprint density at radius 3 is 2.50 bits per heavy atom. The van der Waals surface area contributed by atoms with Crippen molar-refractivity contribution in [2.45, 2.75) is 13.5 Å². The predicted molar refractivity (Wildman–Crippen MR) is 87.4 cm³/mol. The third kappa shape index (κ3) is 3.79. The third-order valence-electron chi connectivity index (χ3n) is 2.49. The van der Waals surface area contributed by atoms with E-state index in [1.165, 1.54) is 18.3 Å². The summed E-state index contributed by atoms with van der Waals surface area (Å²) >= 11 is 19.6. The average molecular weight is 350 g/mol. The molecule has 106 valence electrons. The number of benzene rings is 1. The number of carbonyl (C=O) groups is 1. The molecule has 20 heavy (non-hydrogen) atoms. The van der Waals surface area contributed by atoms with Gasteiger partial charge in [-0.2, -0.15) is 0 Å².